The quantitative estimate of drug-likeness (QED) is 0.844. The molecule has 0 aliphatic carbocycles. The number of carbonyl (C=O) groups is 1. The van der Waals surface area contributed by atoms with Crippen molar-refractivity contribution in [3.05, 3.63) is 46.5 Å². The van der Waals surface area contributed by atoms with E-state index in [2.05, 4.69) is 10.3 Å². The molecule has 2 aromatic heterocycles. The van der Waals surface area contributed by atoms with Gasteiger partial charge < -0.3 is 10.2 Å². The number of amides is 1. The minimum atomic E-state index is -0.289. The Hall–Kier alpha value is -1.92. The zero-order chi connectivity index (χ0) is 15.9. The summed E-state index contributed by atoms with van der Waals surface area (Å²) in [6.07, 6.45) is 6.27. The summed E-state index contributed by atoms with van der Waals surface area (Å²) < 4.78 is 1.43. The van der Waals surface area contributed by atoms with Gasteiger partial charge in [-0.3, -0.25) is 14.0 Å². The summed E-state index contributed by atoms with van der Waals surface area (Å²) in [7, 11) is 0. The second-order valence-electron chi connectivity index (χ2n) is 6.62. The number of carbonyl (C=O) groups excluding carboxylic acids is 1. The van der Waals surface area contributed by atoms with Gasteiger partial charge in [0.1, 0.15) is 11.2 Å². The third-order valence-electron chi connectivity index (χ3n) is 5.29. The van der Waals surface area contributed by atoms with Gasteiger partial charge in [-0.2, -0.15) is 0 Å². The molecule has 128 valence electrons. The molecule has 0 aromatic carbocycles. The van der Waals surface area contributed by atoms with Crippen LogP contribution in [0.15, 0.2) is 35.4 Å². The number of pyridine rings is 1. The molecule has 6 nitrogen and oxygen atoms in total. The molecule has 4 heterocycles. The van der Waals surface area contributed by atoms with Crippen molar-refractivity contribution in [1.29, 1.82) is 0 Å². The van der Waals surface area contributed by atoms with Crippen LogP contribution in [0.5, 0.6) is 0 Å². The zero-order valence-electron chi connectivity index (χ0n) is 13.4. The van der Waals surface area contributed by atoms with Crippen LogP contribution in [0.2, 0.25) is 0 Å². The molecule has 7 heteroatoms. The van der Waals surface area contributed by atoms with Crippen LogP contribution < -0.4 is 10.9 Å². The summed E-state index contributed by atoms with van der Waals surface area (Å²) in [5, 5.41) is 3.42. The normalized spacial score (nSPS) is 19.4. The molecule has 2 aliphatic heterocycles. The first-order valence-corrected chi connectivity index (χ1v) is 8.15. The number of hydrogen-bond acceptors (Lipinski definition) is 4. The molecule has 1 spiro atoms. The van der Waals surface area contributed by atoms with Gasteiger partial charge in [-0.25, -0.2) is 4.98 Å². The second kappa shape index (κ2) is 6.53. The SMILES string of the molecule is Cl.O=C(c1cnc2ccccn2c1=O)N1CCC2(CCNC2)CC1. The second-order valence-corrected chi connectivity index (χ2v) is 6.62. The Labute approximate surface area is 146 Å². The minimum Gasteiger partial charge on any atom is -0.338 e. The highest BCUT2D eigenvalue weighted by atomic mass is 35.5. The molecular weight excluding hydrogens is 328 g/mol. The van der Waals surface area contributed by atoms with Crippen molar-refractivity contribution in [3.63, 3.8) is 0 Å². The van der Waals surface area contributed by atoms with Gasteiger partial charge in [0, 0.05) is 32.0 Å². The van der Waals surface area contributed by atoms with Gasteiger partial charge in [-0.1, -0.05) is 6.07 Å². The molecule has 0 radical (unpaired) electrons. The third-order valence-corrected chi connectivity index (χ3v) is 5.29. The molecule has 2 fully saturated rings. The number of likely N-dealkylation sites (tertiary alicyclic amines) is 1. The Balaban J connectivity index is 0.00000169. The van der Waals surface area contributed by atoms with Crippen LogP contribution in [0, 0.1) is 5.41 Å². The van der Waals surface area contributed by atoms with E-state index in [1.807, 2.05) is 6.07 Å². The molecule has 2 aliphatic rings. The number of aromatic nitrogens is 2. The molecule has 2 saturated heterocycles. The Morgan fingerprint density at radius 1 is 1.21 bits per heavy atom. The average Bonchev–Trinajstić information content (AvgIpc) is 3.04. The fourth-order valence-electron chi connectivity index (χ4n) is 3.75. The highest BCUT2D eigenvalue weighted by Crippen LogP contribution is 2.37. The number of nitrogens with one attached hydrogen (secondary N) is 1. The average molecular weight is 349 g/mol. The highest BCUT2D eigenvalue weighted by molar-refractivity contribution is 5.93. The van der Waals surface area contributed by atoms with Crippen molar-refractivity contribution in [1.82, 2.24) is 19.6 Å². The van der Waals surface area contributed by atoms with E-state index in [9.17, 15) is 9.59 Å². The van der Waals surface area contributed by atoms with Crippen LogP contribution in [-0.2, 0) is 0 Å². The van der Waals surface area contributed by atoms with Gasteiger partial charge in [-0.15, -0.1) is 12.4 Å². The molecular formula is C17H21ClN4O2. The van der Waals surface area contributed by atoms with Crippen molar-refractivity contribution in [2.45, 2.75) is 19.3 Å². The van der Waals surface area contributed by atoms with Crippen LogP contribution in [-0.4, -0.2) is 46.4 Å². The Morgan fingerprint density at radius 3 is 2.71 bits per heavy atom. The van der Waals surface area contributed by atoms with Crippen molar-refractivity contribution < 1.29 is 4.79 Å². The van der Waals surface area contributed by atoms with Crippen LogP contribution in [0.25, 0.3) is 5.65 Å². The maximum Gasteiger partial charge on any atom is 0.270 e. The van der Waals surface area contributed by atoms with Gasteiger partial charge in [0.25, 0.3) is 11.5 Å². The summed E-state index contributed by atoms with van der Waals surface area (Å²) in [5.74, 6) is -0.193. The Bertz CT molecular complexity index is 804. The number of hydrogen-bond donors (Lipinski definition) is 1. The van der Waals surface area contributed by atoms with Crippen molar-refractivity contribution in [2.75, 3.05) is 26.2 Å². The summed E-state index contributed by atoms with van der Waals surface area (Å²) in [4.78, 5) is 31.3. The van der Waals surface area contributed by atoms with Crippen LogP contribution in [0.4, 0.5) is 0 Å². The lowest BCUT2D eigenvalue weighted by Gasteiger charge is -2.38. The standard InChI is InChI=1S/C17H20N4O2.ClH/c22-15(20-9-5-17(6-10-20)4-7-18-12-17)13-11-19-14-3-1-2-8-21(14)16(13)23;/h1-3,8,11,18H,4-7,9-10,12H2;1H. The van der Waals surface area contributed by atoms with E-state index in [4.69, 9.17) is 0 Å². The van der Waals surface area contributed by atoms with E-state index in [1.54, 1.807) is 23.2 Å². The molecule has 24 heavy (non-hydrogen) atoms. The van der Waals surface area contributed by atoms with Crippen molar-refractivity contribution >= 4 is 24.0 Å². The predicted molar refractivity (Wildman–Crippen MR) is 93.8 cm³/mol. The van der Waals surface area contributed by atoms with E-state index in [1.165, 1.54) is 17.0 Å². The topological polar surface area (TPSA) is 66.7 Å². The number of halogens is 1. The fraction of sp³-hybridized carbons (Fsp3) is 0.471. The molecule has 0 saturated carbocycles. The lowest BCUT2D eigenvalue weighted by molar-refractivity contribution is 0.0605. The van der Waals surface area contributed by atoms with Crippen molar-refractivity contribution in [2.24, 2.45) is 5.41 Å². The summed E-state index contributed by atoms with van der Waals surface area (Å²) >= 11 is 0. The summed E-state index contributed by atoms with van der Waals surface area (Å²) in [5.41, 5.74) is 0.786. The van der Waals surface area contributed by atoms with Crippen LogP contribution in [0.1, 0.15) is 29.6 Å². The first-order valence-electron chi connectivity index (χ1n) is 8.15. The van der Waals surface area contributed by atoms with Gasteiger partial charge in [0.15, 0.2) is 0 Å². The van der Waals surface area contributed by atoms with E-state index in [0.29, 0.717) is 11.1 Å². The van der Waals surface area contributed by atoms with E-state index in [0.717, 1.165) is 39.0 Å². The van der Waals surface area contributed by atoms with Crippen LogP contribution >= 0.6 is 12.4 Å². The Kier molecular flexibility index (Phi) is 4.60. The molecule has 1 amide bonds. The third kappa shape index (κ3) is 2.80. The number of fused-ring (bicyclic) bond motifs is 1. The first kappa shape index (κ1) is 16.9. The maximum absolute atomic E-state index is 12.7. The molecule has 1 N–H and O–H groups in total. The van der Waals surface area contributed by atoms with Gasteiger partial charge >= 0.3 is 0 Å². The molecule has 2 aromatic rings. The van der Waals surface area contributed by atoms with E-state index < -0.39 is 0 Å². The minimum absolute atomic E-state index is 0. The first-order chi connectivity index (χ1) is 11.2. The fourth-order valence-corrected chi connectivity index (χ4v) is 3.75. The predicted octanol–water partition coefficient (Wildman–Crippen LogP) is 1.33. The lowest BCUT2D eigenvalue weighted by atomic mass is 9.78. The largest absolute Gasteiger partial charge is 0.338 e. The molecule has 0 atom stereocenters. The maximum atomic E-state index is 12.7. The summed E-state index contributed by atoms with van der Waals surface area (Å²) in [6.45, 7) is 3.56. The smallest absolute Gasteiger partial charge is 0.270 e. The van der Waals surface area contributed by atoms with Gasteiger partial charge in [0.05, 0.1) is 0 Å². The Morgan fingerprint density at radius 2 is 2.00 bits per heavy atom. The number of nitrogens with zero attached hydrogens (tertiary/aromatic N) is 3. The van der Waals surface area contributed by atoms with E-state index in [-0.39, 0.29) is 29.4 Å². The van der Waals surface area contributed by atoms with Gasteiger partial charge in [0.2, 0.25) is 0 Å². The highest BCUT2D eigenvalue weighted by Gasteiger charge is 2.38. The lowest BCUT2D eigenvalue weighted by Crippen LogP contribution is -2.45. The number of piperidine rings is 1. The summed E-state index contributed by atoms with van der Waals surface area (Å²) in [6, 6.07) is 5.35. The number of rotatable bonds is 1. The molecule has 4 rings (SSSR count). The molecule has 0 unspecified atom stereocenters. The van der Waals surface area contributed by atoms with Gasteiger partial charge in [-0.05, 0) is 43.4 Å². The zero-order valence-corrected chi connectivity index (χ0v) is 14.2. The molecule has 0 bridgehead atoms. The van der Waals surface area contributed by atoms with Crippen molar-refractivity contribution in [3.8, 4) is 0 Å². The monoisotopic (exact) mass is 348 g/mol. The van der Waals surface area contributed by atoms with Crippen LogP contribution in [0.3, 0.4) is 0 Å². The van der Waals surface area contributed by atoms with E-state index >= 15 is 0 Å².